The number of aldehydes is 1. The van der Waals surface area contributed by atoms with Crippen LogP contribution in [0, 0.1) is 5.92 Å². The molecule has 33 heavy (non-hydrogen) atoms. The Morgan fingerprint density at radius 1 is 1.24 bits per heavy atom. The Morgan fingerprint density at radius 3 is 2.70 bits per heavy atom. The summed E-state index contributed by atoms with van der Waals surface area (Å²) in [5, 5.41) is 17.6. The summed E-state index contributed by atoms with van der Waals surface area (Å²) in [5.74, 6) is -0.582. The molecule has 2 fully saturated rings. The number of carboxylic acid groups (broad SMARTS) is 1. The number of rotatable bonds is 9. The lowest BCUT2D eigenvalue weighted by Crippen LogP contribution is -2.66. The number of aromatic nitrogens is 1. The fraction of sp³-hybridized carbons (Fsp3) is 0.500. The molecule has 1 aliphatic heterocycles. The van der Waals surface area contributed by atoms with Gasteiger partial charge in [0.25, 0.3) is 0 Å². The minimum Gasteiger partial charge on any atom is -0.480 e. The fourth-order valence-corrected chi connectivity index (χ4v) is 5.02. The third-order valence-corrected chi connectivity index (χ3v) is 6.86. The lowest BCUT2D eigenvalue weighted by Gasteiger charge is -2.49. The van der Waals surface area contributed by atoms with Crippen molar-refractivity contribution in [3.63, 3.8) is 0 Å². The van der Waals surface area contributed by atoms with E-state index in [4.69, 9.17) is 5.73 Å². The van der Waals surface area contributed by atoms with Gasteiger partial charge in [-0.2, -0.15) is 0 Å². The molecule has 2 atom stereocenters. The normalized spacial score (nSPS) is 20.3. The molecule has 9 heteroatoms. The number of hydrogen-bond donors (Lipinski definition) is 3. The van der Waals surface area contributed by atoms with Crippen molar-refractivity contribution in [1.29, 1.82) is 0 Å². The van der Waals surface area contributed by atoms with Crippen LogP contribution < -0.4 is 11.1 Å². The van der Waals surface area contributed by atoms with Gasteiger partial charge in [0.2, 0.25) is 5.91 Å². The standard InChI is InChI=1S/C24H31N5O4/c25-23-19-7-6-16(12-18(19)8-10-26-23)13-27-24(33)20-9-11-28(20)29(14-22(31)32)21(15-30)17-4-2-1-3-5-17/h6-8,10,12,15,17,20-21H,1-5,9,11,13-14H2,(H2,25,26)(H,27,33)(H,31,32)/t20-,21-/m0/s1. The molecule has 4 N–H and O–H groups in total. The summed E-state index contributed by atoms with van der Waals surface area (Å²) >= 11 is 0. The summed E-state index contributed by atoms with van der Waals surface area (Å²) in [7, 11) is 0. The van der Waals surface area contributed by atoms with Crippen LogP contribution in [0.3, 0.4) is 0 Å². The van der Waals surface area contributed by atoms with Gasteiger partial charge < -0.3 is 21.0 Å². The minimum atomic E-state index is -1.01. The number of benzene rings is 1. The molecule has 1 aliphatic carbocycles. The number of carbonyl (C=O) groups is 3. The Morgan fingerprint density at radius 2 is 2.03 bits per heavy atom. The molecule has 4 rings (SSSR count). The first kappa shape index (κ1) is 23.1. The van der Waals surface area contributed by atoms with Crippen LogP contribution in [0.4, 0.5) is 5.82 Å². The van der Waals surface area contributed by atoms with Crippen molar-refractivity contribution in [2.24, 2.45) is 5.92 Å². The monoisotopic (exact) mass is 453 g/mol. The quantitative estimate of drug-likeness (QED) is 0.492. The van der Waals surface area contributed by atoms with Gasteiger partial charge >= 0.3 is 5.97 Å². The zero-order valence-electron chi connectivity index (χ0n) is 18.7. The highest BCUT2D eigenvalue weighted by atomic mass is 16.4. The van der Waals surface area contributed by atoms with E-state index in [1.54, 1.807) is 16.2 Å². The molecule has 1 aromatic carbocycles. The van der Waals surface area contributed by atoms with Crippen molar-refractivity contribution >= 4 is 34.8 Å². The highest BCUT2D eigenvalue weighted by Crippen LogP contribution is 2.31. The topological polar surface area (TPSA) is 129 Å². The average Bonchev–Trinajstić information content (AvgIpc) is 2.78. The zero-order valence-corrected chi connectivity index (χ0v) is 18.7. The number of nitrogens with two attached hydrogens (primary N) is 1. The summed E-state index contributed by atoms with van der Waals surface area (Å²) in [5.41, 5.74) is 6.84. The van der Waals surface area contributed by atoms with Crippen LogP contribution in [-0.4, -0.2) is 63.4 Å². The SMILES string of the molecule is Nc1nccc2cc(CNC(=O)[C@@H]3CCN3N(CC(=O)O)[C@@H](C=O)C3CCCCC3)ccc12. The maximum Gasteiger partial charge on any atom is 0.319 e. The van der Waals surface area contributed by atoms with E-state index < -0.39 is 18.1 Å². The maximum absolute atomic E-state index is 13.0. The molecule has 0 spiro atoms. The van der Waals surface area contributed by atoms with E-state index in [1.807, 2.05) is 24.3 Å². The second-order valence-corrected chi connectivity index (χ2v) is 8.95. The van der Waals surface area contributed by atoms with E-state index in [2.05, 4.69) is 10.3 Å². The number of aliphatic carboxylic acids is 1. The molecule has 0 radical (unpaired) electrons. The van der Waals surface area contributed by atoms with Crippen LogP contribution in [0.2, 0.25) is 0 Å². The third-order valence-electron chi connectivity index (χ3n) is 6.86. The number of nitrogens with zero attached hydrogens (tertiary/aromatic N) is 3. The molecule has 1 amide bonds. The number of amides is 1. The summed E-state index contributed by atoms with van der Waals surface area (Å²) in [6.45, 7) is 0.620. The van der Waals surface area contributed by atoms with Gasteiger partial charge in [-0.3, -0.25) is 9.59 Å². The summed E-state index contributed by atoms with van der Waals surface area (Å²) in [4.78, 5) is 40.6. The molecule has 2 aromatic rings. The van der Waals surface area contributed by atoms with Gasteiger partial charge in [-0.15, -0.1) is 0 Å². The van der Waals surface area contributed by atoms with E-state index in [1.165, 1.54) is 0 Å². The number of nitrogen functional groups attached to an aromatic ring is 1. The van der Waals surface area contributed by atoms with Crippen molar-refractivity contribution in [1.82, 2.24) is 20.3 Å². The highest BCUT2D eigenvalue weighted by Gasteiger charge is 2.43. The van der Waals surface area contributed by atoms with Gasteiger partial charge in [0.05, 0.1) is 6.04 Å². The van der Waals surface area contributed by atoms with Crippen LogP contribution in [0.15, 0.2) is 30.5 Å². The lowest BCUT2D eigenvalue weighted by atomic mass is 9.84. The second kappa shape index (κ2) is 10.3. The first-order valence-corrected chi connectivity index (χ1v) is 11.6. The summed E-state index contributed by atoms with van der Waals surface area (Å²) in [6, 6.07) is 6.64. The molecule has 1 saturated heterocycles. The molecule has 0 bridgehead atoms. The highest BCUT2D eigenvalue weighted by molar-refractivity contribution is 5.91. The molecule has 9 nitrogen and oxygen atoms in total. The molecule has 176 valence electrons. The van der Waals surface area contributed by atoms with Gasteiger partial charge in [0.15, 0.2) is 0 Å². The van der Waals surface area contributed by atoms with Gasteiger partial charge in [-0.25, -0.2) is 15.0 Å². The van der Waals surface area contributed by atoms with Crippen LogP contribution in [0.25, 0.3) is 10.8 Å². The maximum atomic E-state index is 13.0. The number of carboxylic acids is 1. The molecular formula is C24H31N5O4. The van der Waals surface area contributed by atoms with Crippen LogP contribution in [0.5, 0.6) is 0 Å². The lowest BCUT2D eigenvalue weighted by molar-refractivity contribution is -0.179. The van der Waals surface area contributed by atoms with Crippen LogP contribution >= 0.6 is 0 Å². The number of anilines is 1. The Bertz CT molecular complexity index is 1020. The van der Waals surface area contributed by atoms with Gasteiger partial charge in [0.1, 0.15) is 24.7 Å². The van der Waals surface area contributed by atoms with E-state index in [0.717, 1.165) is 54.7 Å². The first-order chi connectivity index (χ1) is 16.0. The van der Waals surface area contributed by atoms with E-state index in [0.29, 0.717) is 25.3 Å². The molecule has 2 heterocycles. The van der Waals surface area contributed by atoms with Crippen molar-refractivity contribution in [3.05, 3.63) is 36.0 Å². The average molecular weight is 454 g/mol. The molecule has 0 unspecified atom stereocenters. The number of fused-ring (bicyclic) bond motifs is 1. The van der Waals surface area contributed by atoms with Crippen molar-refractivity contribution in [2.45, 2.75) is 57.2 Å². The van der Waals surface area contributed by atoms with Crippen LogP contribution in [-0.2, 0) is 20.9 Å². The second-order valence-electron chi connectivity index (χ2n) is 8.95. The Labute approximate surface area is 192 Å². The molecular weight excluding hydrogens is 422 g/mol. The molecule has 2 aliphatic rings. The number of hydrazine groups is 1. The van der Waals surface area contributed by atoms with Gasteiger partial charge in [0, 0.05) is 24.7 Å². The van der Waals surface area contributed by atoms with E-state index in [-0.39, 0.29) is 18.4 Å². The van der Waals surface area contributed by atoms with Crippen molar-refractivity contribution in [2.75, 3.05) is 18.8 Å². The first-order valence-electron chi connectivity index (χ1n) is 11.6. The van der Waals surface area contributed by atoms with Crippen molar-refractivity contribution < 1.29 is 19.5 Å². The van der Waals surface area contributed by atoms with Gasteiger partial charge in [-0.05, 0) is 48.3 Å². The van der Waals surface area contributed by atoms with E-state index in [9.17, 15) is 19.5 Å². The number of pyridine rings is 1. The number of hydrogen-bond acceptors (Lipinski definition) is 7. The number of nitrogens with one attached hydrogen (secondary N) is 1. The smallest absolute Gasteiger partial charge is 0.319 e. The Kier molecular flexibility index (Phi) is 7.20. The number of carbonyl (C=O) groups excluding carboxylic acids is 2. The Balaban J connectivity index is 1.43. The van der Waals surface area contributed by atoms with Crippen molar-refractivity contribution in [3.8, 4) is 0 Å². The predicted octanol–water partition coefficient (Wildman–Crippen LogP) is 1.96. The zero-order chi connectivity index (χ0) is 23.4. The Hall–Kier alpha value is -3.04. The summed E-state index contributed by atoms with van der Waals surface area (Å²) in [6.07, 6.45) is 8.20. The summed E-state index contributed by atoms with van der Waals surface area (Å²) < 4.78 is 0. The van der Waals surface area contributed by atoms with Crippen LogP contribution in [0.1, 0.15) is 44.1 Å². The van der Waals surface area contributed by atoms with Gasteiger partial charge in [-0.1, -0.05) is 31.4 Å². The predicted molar refractivity (Wildman–Crippen MR) is 124 cm³/mol. The molecule has 1 saturated carbocycles. The molecule has 1 aromatic heterocycles. The fourth-order valence-electron chi connectivity index (χ4n) is 5.02. The minimum absolute atomic E-state index is 0.124. The largest absolute Gasteiger partial charge is 0.480 e. The van der Waals surface area contributed by atoms with E-state index >= 15 is 0 Å². The third kappa shape index (κ3) is 5.15.